The molecule has 7 heteroatoms. The molecule has 0 radical (unpaired) electrons. The first-order valence-corrected chi connectivity index (χ1v) is 10.8. The molecule has 2 aromatic heterocycles. The number of nitrogens with one attached hydrogen (secondary N) is 1. The summed E-state index contributed by atoms with van der Waals surface area (Å²) in [5.74, 6) is 0.923. The Labute approximate surface area is 188 Å². The first-order chi connectivity index (χ1) is 15.6. The minimum absolute atomic E-state index is 0.210. The van der Waals surface area contributed by atoms with Crippen molar-refractivity contribution in [2.24, 2.45) is 0 Å². The van der Waals surface area contributed by atoms with E-state index in [2.05, 4.69) is 29.5 Å². The lowest BCUT2D eigenvalue weighted by Crippen LogP contribution is -2.11. The Morgan fingerprint density at radius 1 is 0.969 bits per heavy atom. The summed E-state index contributed by atoms with van der Waals surface area (Å²) in [7, 11) is 1.61. The molecule has 0 atom stereocenters. The van der Waals surface area contributed by atoms with Crippen molar-refractivity contribution in [1.29, 1.82) is 0 Å². The van der Waals surface area contributed by atoms with E-state index in [1.54, 1.807) is 24.5 Å². The van der Waals surface area contributed by atoms with E-state index in [0.29, 0.717) is 11.4 Å². The molecular formula is C25H19N3O3S. The summed E-state index contributed by atoms with van der Waals surface area (Å²) >= 11 is 1.66. The van der Waals surface area contributed by atoms with Crippen LogP contribution in [0.5, 0.6) is 5.75 Å². The Kier molecular flexibility index (Phi) is 5.17. The van der Waals surface area contributed by atoms with Crippen molar-refractivity contribution in [3.63, 3.8) is 0 Å². The van der Waals surface area contributed by atoms with Gasteiger partial charge in [0.1, 0.15) is 10.8 Å². The third kappa shape index (κ3) is 3.98. The second-order valence-electron chi connectivity index (χ2n) is 7.33. The number of nitrogens with zero attached hydrogens (tertiary/aromatic N) is 2. The molecule has 1 N–H and O–H groups in total. The van der Waals surface area contributed by atoms with Gasteiger partial charge in [0.15, 0.2) is 11.5 Å². The number of hydrogen-bond acceptors (Lipinski definition) is 6. The highest BCUT2D eigenvalue weighted by Crippen LogP contribution is 2.31. The van der Waals surface area contributed by atoms with Gasteiger partial charge in [-0.1, -0.05) is 11.2 Å². The topological polar surface area (TPSA) is 77.2 Å². The van der Waals surface area contributed by atoms with Crippen molar-refractivity contribution >= 4 is 33.1 Å². The van der Waals surface area contributed by atoms with E-state index in [-0.39, 0.29) is 11.6 Å². The van der Waals surface area contributed by atoms with Crippen LogP contribution >= 0.6 is 11.3 Å². The third-order valence-corrected chi connectivity index (χ3v) is 6.12. The molecule has 0 fully saturated rings. The number of rotatable bonds is 5. The second-order valence-corrected chi connectivity index (χ2v) is 8.36. The van der Waals surface area contributed by atoms with Crippen molar-refractivity contribution in [3.05, 3.63) is 84.1 Å². The third-order valence-electron chi connectivity index (χ3n) is 5.05. The lowest BCUT2D eigenvalue weighted by molar-refractivity contribution is 0.101. The number of ether oxygens (including phenoxy) is 1. The quantitative estimate of drug-likeness (QED) is 0.352. The fourth-order valence-electron chi connectivity index (χ4n) is 3.32. The summed E-state index contributed by atoms with van der Waals surface area (Å²) in [6.07, 6.45) is 0. The molecule has 2 heterocycles. The van der Waals surface area contributed by atoms with Crippen LogP contribution in [0, 0.1) is 6.92 Å². The van der Waals surface area contributed by atoms with Crippen LogP contribution in [0.25, 0.3) is 32.1 Å². The number of aromatic nitrogens is 2. The minimum atomic E-state index is -0.336. The van der Waals surface area contributed by atoms with Crippen molar-refractivity contribution < 1.29 is 14.1 Å². The minimum Gasteiger partial charge on any atom is -0.497 e. The Balaban J connectivity index is 1.30. The number of thiazole rings is 1. The molecule has 0 saturated carbocycles. The van der Waals surface area contributed by atoms with Crippen LogP contribution in [0.1, 0.15) is 16.1 Å². The van der Waals surface area contributed by atoms with Gasteiger partial charge in [-0.2, -0.15) is 0 Å². The predicted molar refractivity (Wildman–Crippen MR) is 126 cm³/mol. The van der Waals surface area contributed by atoms with Gasteiger partial charge >= 0.3 is 0 Å². The number of fused-ring (bicyclic) bond motifs is 1. The largest absolute Gasteiger partial charge is 0.497 e. The SMILES string of the molecule is COc1ccc(-c2cc(C(=O)Nc3ccc(-c4nc5ccc(C)cc5s4)cc3)no2)cc1. The maximum atomic E-state index is 12.6. The van der Waals surface area contributed by atoms with Crippen LogP contribution in [0.15, 0.2) is 77.3 Å². The van der Waals surface area contributed by atoms with Gasteiger partial charge in [0.25, 0.3) is 5.91 Å². The van der Waals surface area contributed by atoms with Gasteiger partial charge in [0.05, 0.1) is 17.3 Å². The number of carbonyl (C=O) groups excluding carboxylic acids is 1. The standard InChI is InChI=1S/C25H19N3O3S/c1-15-3-12-20-23(13-15)32-25(27-20)17-4-8-18(9-5-17)26-24(29)21-14-22(31-28-21)16-6-10-19(30-2)11-7-16/h3-14H,1-2H3,(H,26,29). The van der Waals surface area contributed by atoms with Crippen LogP contribution in [-0.4, -0.2) is 23.2 Å². The van der Waals surface area contributed by atoms with Gasteiger partial charge in [-0.25, -0.2) is 4.98 Å². The molecule has 0 aliphatic rings. The van der Waals surface area contributed by atoms with Gasteiger partial charge in [-0.3, -0.25) is 4.79 Å². The Hall–Kier alpha value is -3.97. The Bertz CT molecular complexity index is 1400. The van der Waals surface area contributed by atoms with E-state index in [1.807, 2.05) is 54.6 Å². The van der Waals surface area contributed by atoms with Gasteiger partial charge in [0, 0.05) is 22.9 Å². The summed E-state index contributed by atoms with van der Waals surface area (Å²) in [5, 5.41) is 7.70. The zero-order valence-electron chi connectivity index (χ0n) is 17.5. The van der Waals surface area contributed by atoms with Crippen LogP contribution in [0.4, 0.5) is 5.69 Å². The maximum absolute atomic E-state index is 12.6. The van der Waals surface area contributed by atoms with Crippen molar-refractivity contribution in [1.82, 2.24) is 10.1 Å². The highest BCUT2D eigenvalue weighted by atomic mass is 32.1. The molecule has 0 aliphatic carbocycles. The summed E-state index contributed by atoms with van der Waals surface area (Å²) in [4.78, 5) is 17.3. The highest BCUT2D eigenvalue weighted by molar-refractivity contribution is 7.21. The van der Waals surface area contributed by atoms with Crippen LogP contribution in [0.3, 0.4) is 0 Å². The average Bonchev–Trinajstić information content (AvgIpc) is 3.47. The number of carbonyl (C=O) groups is 1. The lowest BCUT2D eigenvalue weighted by Gasteiger charge is -2.03. The number of anilines is 1. The molecule has 0 aliphatic heterocycles. The van der Waals surface area contributed by atoms with E-state index in [4.69, 9.17) is 14.2 Å². The van der Waals surface area contributed by atoms with E-state index >= 15 is 0 Å². The molecule has 158 valence electrons. The number of amides is 1. The van der Waals surface area contributed by atoms with Crippen molar-refractivity contribution in [2.75, 3.05) is 12.4 Å². The molecule has 1 amide bonds. The first-order valence-electron chi connectivity index (χ1n) is 9.99. The molecule has 32 heavy (non-hydrogen) atoms. The number of methoxy groups -OCH3 is 1. The molecule has 0 unspecified atom stereocenters. The summed E-state index contributed by atoms with van der Waals surface area (Å²) in [5.41, 5.74) is 4.91. The van der Waals surface area contributed by atoms with E-state index in [9.17, 15) is 4.79 Å². The Morgan fingerprint density at radius 2 is 1.72 bits per heavy atom. The smallest absolute Gasteiger partial charge is 0.277 e. The summed E-state index contributed by atoms with van der Waals surface area (Å²) < 4.78 is 11.7. The second kappa shape index (κ2) is 8.28. The molecular weight excluding hydrogens is 422 g/mol. The van der Waals surface area contributed by atoms with Crippen molar-refractivity contribution in [3.8, 4) is 27.6 Å². The normalized spacial score (nSPS) is 10.9. The van der Waals surface area contributed by atoms with Gasteiger partial charge in [0.2, 0.25) is 0 Å². The molecule has 3 aromatic carbocycles. The molecule has 5 rings (SSSR count). The fraction of sp³-hybridized carbons (Fsp3) is 0.0800. The molecule has 6 nitrogen and oxygen atoms in total. The predicted octanol–water partition coefficient (Wildman–Crippen LogP) is 6.19. The summed E-state index contributed by atoms with van der Waals surface area (Å²) in [6, 6.07) is 22.8. The molecule has 0 spiro atoms. The molecule has 0 bridgehead atoms. The van der Waals surface area contributed by atoms with Gasteiger partial charge < -0.3 is 14.6 Å². The maximum Gasteiger partial charge on any atom is 0.277 e. The van der Waals surface area contributed by atoms with Gasteiger partial charge in [-0.05, 0) is 73.2 Å². The van der Waals surface area contributed by atoms with E-state index in [0.717, 1.165) is 32.1 Å². The number of benzene rings is 3. The average molecular weight is 442 g/mol. The number of aryl methyl sites for hydroxylation is 1. The first kappa shape index (κ1) is 20.0. The van der Waals surface area contributed by atoms with Crippen LogP contribution in [-0.2, 0) is 0 Å². The van der Waals surface area contributed by atoms with Crippen LogP contribution in [0.2, 0.25) is 0 Å². The number of hydrogen-bond donors (Lipinski definition) is 1. The highest BCUT2D eigenvalue weighted by Gasteiger charge is 2.14. The zero-order chi connectivity index (χ0) is 22.1. The van der Waals surface area contributed by atoms with Crippen LogP contribution < -0.4 is 10.1 Å². The van der Waals surface area contributed by atoms with Gasteiger partial charge in [-0.15, -0.1) is 11.3 Å². The summed E-state index contributed by atoms with van der Waals surface area (Å²) in [6.45, 7) is 2.07. The van der Waals surface area contributed by atoms with E-state index < -0.39 is 0 Å². The fourth-order valence-corrected chi connectivity index (χ4v) is 4.39. The van der Waals surface area contributed by atoms with Crippen molar-refractivity contribution in [2.45, 2.75) is 6.92 Å². The van der Waals surface area contributed by atoms with E-state index in [1.165, 1.54) is 5.56 Å². The monoisotopic (exact) mass is 441 g/mol. The lowest BCUT2D eigenvalue weighted by atomic mass is 10.1. The zero-order valence-corrected chi connectivity index (χ0v) is 18.3. The molecule has 0 saturated heterocycles. The molecule has 5 aromatic rings. The Morgan fingerprint density at radius 3 is 2.47 bits per heavy atom.